The van der Waals surface area contributed by atoms with Crippen LogP contribution in [0, 0.1) is 5.92 Å². The van der Waals surface area contributed by atoms with Gasteiger partial charge in [0.15, 0.2) is 0 Å². The van der Waals surface area contributed by atoms with Gasteiger partial charge in [0.25, 0.3) is 0 Å². The van der Waals surface area contributed by atoms with Crippen LogP contribution in [0.2, 0.25) is 0 Å². The van der Waals surface area contributed by atoms with Gasteiger partial charge in [-0.15, -0.1) is 0 Å². The SMILES string of the molecule is CCc1ccc(CN)cc1S(=O)(=O)N1CCC(C)CC1. The topological polar surface area (TPSA) is 63.4 Å². The molecular weight excluding hydrogens is 272 g/mol. The van der Waals surface area contributed by atoms with Gasteiger partial charge in [0.2, 0.25) is 10.0 Å². The zero-order chi connectivity index (χ0) is 14.8. The van der Waals surface area contributed by atoms with E-state index >= 15 is 0 Å². The van der Waals surface area contributed by atoms with Gasteiger partial charge in [0, 0.05) is 19.6 Å². The molecule has 0 spiro atoms. The molecule has 5 heteroatoms. The Labute approximate surface area is 122 Å². The number of sulfonamides is 1. The second kappa shape index (κ2) is 6.24. The van der Waals surface area contributed by atoms with Crippen molar-refractivity contribution in [1.29, 1.82) is 0 Å². The summed E-state index contributed by atoms with van der Waals surface area (Å²) in [7, 11) is -3.38. The van der Waals surface area contributed by atoms with Gasteiger partial charge in [-0.25, -0.2) is 8.42 Å². The average molecular weight is 296 g/mol. The van der Waals surface area contributed by atoms with Gasteiger partial charge in [-0.05, 0) is 42.4 Å². The molecule has 1 aliphatic rings. The van der Waals surface area contributed by atoms with E-state index in [0.717, 1.165) is 24.0 Å². The normalized spacial score (nSPS) is 18.4. The quantitative estimate of drug-likeness (QED) is 0.925. The van der Waals surface area contributed by atoms with Crippen LogP contribution in [0.25, 0.3) is 0 Å². The molecule has 112 valence electrons. The van der Waals surface area contributed by atoms with Crippen molar-refractivity contribution in [2.24, 2.45) is 11.7 Å². The number of aryl methyl sites for hydroxylation is 1. The molecule has 0 atom stereocenters. The number of benzene rings is 1. The summed E-state index contributed by atoms with van der Waals surface area (Å²) in [6.07, 6.45) is 2.60. The van der Waals surface area contributed by atoms with Gasteiger partial charge in [-0.2, -0.15) is 4.31 Å². The van der Waals surface area contributed by atoms with E-state index < -0.39 is 10.0 Å². The molecule has 0 saturated carbocycles. The third-order valence-electron chi connectivity index (χ3n) is 4.11. The van der Waals surface area contributed by atoms with E-state index in [4.69, 9.17) is 5.73 Å². The molecule has 1 aliphatic heterocycles. The first-order chi connectivity index (χ1) is 9.48. The molecule has 1 aromatic carbocycles. The van der Waals surface area contributed by atoms with Crippen LogP contribution in [-0.2, 0) is 23.0 Å². The van der Waals surface area contributed by atoms with Crippen molar-refractivity contribution in [1.82, 2.24) is 4.31 Å². The molecule has 0 radical (unpaired) electrons. The molecule has 0 unspecified atom stereocenters. The fourth-order valence-corrected chi connectivity index (χ4v) is 4.44. The second-order valence-electron chi connectivity index (χ2n) is 5.59. The first-order valence-corrected chi connectivity index (χ1v) is 8.75. The molecule has 0 amide bonds. The summed E-state index contributed by atoms with van der Waals surface area (Å²) in [6, 6.07) is 5.55. The van der Waals surface area contributed by atoms with E-state index in [-0.39, 0.29) is 0 Å². The molecule has 0 bridgehead atoms. The van der Waals surface area contributed by atoms with Crippen molar-refractivity contribution in [2.45, 2.75) is 44.6 Å². The van der Waals surface area contributed by atoms with Crippen LogP contribution in [0.1, 0.15) is 37.8 Å². The summed E-state index contributed by atoms with van der Waals surface area (Å²) in [5, 5.41) is 0. The van der Waals surface area contributed by atoms with Crippen molar-refractivity contribution in [2.75, 3.05) is 13.1 Å². The molecule has 20 heavy (non-hydrogen) atoms. The number of hydrogen-bond donors (Lipinski definition) is 1. The van der Waals surface area contributed by atoms with E-state index in [2.05, 4.69) is 6.92 Å². The zero-order valence-corrected chi connectivity index (χ0v) is 13.1. The summed E-state index contributed by atoms with van der Waals surface area (Å²) in [4.78, 5) is 0.442. The third kappa shape index (κ3) is 3.05. The smallest absolute Gasteiger partial charge is 0.243 e. The Balaban J connectivity index is 2.37. The van der Waals surface area contributed by atoms with Crippen molar-refractivity contribution < 1.29 is 8.42 Å². The molecule has 4 nitrogen and oxygen atoms in total. The van der Waals surface area contributed by atoms with E-state index in [1.54, 1.807) is 10.4 Å². The van der Waals surface area contributed by atoms with Crippen LogP contribution in [-0.4, -0.2) is 25.8 Å². The minimum absolute atomic E-state index is 0.365. The lowest BCUT2D eigenvalue weighted by Crippen LogP contribution is -2.38. The highest BCUT2D eigenvalue weighted by atomic mass is 32.2. The van der Waals surface area contributed by atoms with Gasteiger partial charge in [0.1, 0.15) is 0 Å². The van der Waals surface area contributed by atoms with E-state index in [0.29, 0.717) is 36.9 Å². The fourth-order valence-electron chi connectivity index (χ4n) is 2.62. The largest absolute Gasteiger partial charge is 0.326 e. The Kier molecular flexibility index (Phi) is 4.83. The Bertz CT molecular complexity index is 561. The lowest BCUT2D eigenvalue weighted by atomic mass is 10.0. The Morgan fingerprint density at radius 3 is 2.50 bits per heavy atom. The summed E-state index contributed by atoms with van der Waals surface area (Å²) < 4.78 is 27.3. The third-order valence-corrected chi connectivity index (χ3v) is 6.09. The highest BCUT2D eigenvalue weighted by Crippen LogP contribution is 2.26. The summed E-state index contributed by atoms with van der Waals surface area (Å²) in [5.41, 5.74) is 7.38. The van der Waals surface area contributed by atoms with Gasteiger partial charge in [0.05, 0.1) is 4.90 Å². The maximum Gasteiger partial charge on any atom is 0.243 e. The lowest BCUT2D eigenvalue weighted by Gasteiger charge is -2.30. The molecule has 0 aliphatic carbocycles. The monoisotopic (exact) mass is 296 g/mol. The first-order valence-electron chi connectivity index (χ1n) is 7.31. The Morgan fingerprint density at radius 1 is 1.30 bits per heavy atom. The van der Waals surface area contributed by atoms with Crippen LogP contribution < -0.4 is 5.73 Å². The minimum Gasteiger partial charge on any atom is -0.326 e. The molecule has 2 N–H and O–H groups in total. The fraction of sp³-hybridized carbons (Fsp3) is 0.600. The van der Waals surface area contributed by atoms with E-state index in [1.807, 2.05) is 19.1 Å². The average Bonchev–Trinajstić information content (AvgIpc) is 2.47. The number of nitrogens with two attached hydrogens (primary N) is 1. The predicted octanol–water partition coefficient (Wildman–Crippen LogP) is 2.13. The van der Waals surface area contributed by atoms with Gasteiger partial charge in [-0.3, -0.25) is 0 Å². The number of rotatable bonds is 4. The Morgan fingerprint density at radius 2 is 1.95 bits per heavy atom. The highest BCUT2D eigenvalue weighted by Gasteiger charge is 2.29. The predicted molar refractivity (Wildman–Crippen MR) is 80.9 cm³/mol. The van der Waals surface area contributed by atoms with Crippen LogP contribution in [0.5, 0.6) is 0 Å². The number of nitrogens with zero attached hydrogens (tertiary/aromatic N) is 1. The lowest BCUT2D eigenvalue weighted by molar-refractivity contribution is 0.288. The van der Waals surface area contributed by atoms with Crippen molar-refractivity contribution in [3.8, 4) is 0 Å². The summed E-state index contributed by atoms with van der Waals surface area (Å²) >= 11 is 0. The molecular formula is C15H24N2O2S. The van der Waals surface area contributed by atoms with Crippen LogP contribution in [0.15, 0.2) is 23.1 Å². The van der Waals surface area contributed by atoms with Crippen molar-refractivity contribution in [3.05, 3.63) is 29.3 Å². The summed E-state index contributed by atoms with van der Waals surface area (Å²) in [6.45, 7) is 5.77. The number of piperidine rings is 1. The minimum atomic E-state index is -3.38. The molecule has 1 saturated heterocycles. The maximum atomic E-state index is 12.8. The van der Waals surface area contributed by atoms with Crippen LogP contribution in [0.3, 0.4) is 0 Å². The van der Waals surface area contributed by atoms with Crippen LogP contribution in [0.4, 0.5) is 0 Å². The highest BCUT2D eigenvalue weighted by molar-refractivity contribution is 7.89. The molecule has 1 heterocycles. The second-order valence-corrected chi connectivity index (χ2v) is 7.49. The van der Waals surface area contributed by atoms with E-state index in [1.165, 1.54) is 0 Å². The van der Waals surface area contributed by atoms with Crippen LogP contribution >= 0.6 is 0 Å². The van der Waals surface area contributed by atoms with Gasteiger partial charge >= 0.3 is 0 Å². The van der Waals surface area contributed by atoms with Crippen molar-refractivity contribution in [3.63, 3.8) is 0 Å². The molecule has 0 aromatic heterocycles. The maximum absolute atomic E-state index is 12.8. The number of hydrogen-bond acceptors (Lipinski definition) is 3. The zero-order valence-electron chi connectivity index (χ0n) is 12.3. The standard InChI is InChI=1S/C15H24N2O2S/c1-3-14-5-4-13(11-16)10-15(14)20(18,19)17-8-6-12(2)7-9-17/h4-5,10,12H,3,6-9,11,16H2,1-2H3. The molecule has 2 rings (SSSR count). The Hall–Kier alpha value is -0.910. The molecule has 1 aromatic rings. The van der Waals surface area contributed by atoms with Crippen molar-refractivity contribution >= 4 is 10.0 Å². The molecule has 1 fully saturated rings. The first kappa shape index (κ1) is 15.5. The van der Waals surface area contributed by atoms with Gasteiger partial charge < -0.3 is 5.73 Å². The van der Waals surface area contributed by atoms with E-state index in [9.17, 15) is 8.42 Å². The van der Waals surface area contributed by atoms with Gasteiger partial charge in [-0.1, -0.05) is 26.0 Å². The summed E-state index contributed by atoms with van der Waals surface area (Å²) in [5.74, 6) is 0.613.